The molecule has 9 heteroatoms. The van der Waals surface area contributed by atoms with Crippen LogP contribution in [0.3, 0.4) is 0 Å². The van der Waals surface area contributed by atoms with E-state index in [0.29, 0.717) is 31.7 Å². The second-order valence-electron chi connectivity index (χ2n) is 7.09. The Morgan fingerprint density at radius 3 is 2.70 bits per heavy atom. The van der Waals surface area contributed by atoms with Gasteiger partial charge in [-0.3, -0.25) is 4.98 Å². The van der Waals surface area contributed by atoms with E-state index in [1.165, 1.54) is 0 Å². The Morgan fingerprint density at radius 1 is 1.03 bits per heavy atom. The molecule has 1 heterocycles. The largest absolute Gasteiger partial charge is 0.468 e. The SMILES string of the molecule is COCCOCOc1ccc(C=CCNCCNS(=O)(=O)c2cccc3cnccc23)cc1. The molecule has 1 aromatic heterocycles. The fourth-order valence-corrected chi connectivity index (χ4v) is 4.30. The van der Waals surface area contributed by atoms with E-state index in [-0.39, 0.29) is 18.2 Å². The van der Waals surface area contributed by atoms with E-state index >= 15 is 0 Å². The van der Waals surface area contributed by atoms with Gasteiger partial charge < -0.3 is 19.5 Å². The molecule has 2 aromatic carbocycles. The first-order chi connectivity index (χ1) is 16.1. The Labute approximate surface area is 194 Å². The quantitative estimate of drug-likeness (QED) is 0.276. The molecule has 0 aliphatic heterocycles. The predicted molar refractivity (Wildman–Crippen MR) is 129 cm³/mol. The molecule has 0 saturated carbocycles. The molecule has 0 atom stereocenters. The van der Waals surface area contributed by atoms with Crippen LogP contribution in [-0.2, 0) is 19.5 Å². The van der Waals surface area contributed by atoms with Gasteiger partial charge in [0, 0.05) is 49.9 Å². The van der Waals surface area contributed by atoms with Crippen molar-refractivity contribution in [1.82, 2.24) is 15.0 Å². The average molecular weight is 472 g/mol. The van der Waals surface area contributed by atoms with E-state index in [2.05, 4.69) is 15.0 Å². The third kappa shape index (κ3) is 7.92. The minimum atomic E-state index is -3.60. The lowest BCUT2D eigenvalue weighted by atomic mass is 10.2. The number of rotatable bonds is 14. The highest BCUT2D eigenvalue weighted by atomic mass is 32.2. The summed E-state index contributed by atoms with van der Waals surface area (Å²) in [7, 11) is -1.98. The van der Waals surface area contributed by atoms with E-state index in [0.717, 1.165) is 16.7 Å². The molecule has 8 nitrogen and oxygen atoms in total. The fourth-order valence-electron chi connectivity index (χ4n) is 3.05. The van der Waals surface area contributed by atoms with Gasteiger partial charge in [0.1, 0.15) is 5.75 Å². The van der Waals surface area contributed by atoms with Crippen LogP contribution in [0.1, 0.15) is 5.56 Å². The minimum Gasteiger partial charge on any atom is -0.468 e. The molecule has 0 bridgehead atoms. The lowest BCUT2D eigenvalue weighted by molar-refractivity contribution is -0.00847. The van der Waals surface area contributed by atoms with E-state index in [9.17, 15) is 8.42 Å². The molecule has 0 aliphatic carbocycles. The number of methoxy groups -OCH3 is 1. The molecule has 3 rings (SSSR count). The Bertz CT molecular complexity index is 1130. The van der Waals surface area contributed by atoms with E-state index < -0.39 is 10.0 Å². The van der Waals surface area contributed by atoms with Gasteiger partial charge in [0.15, 0.2) is 6.79 Å². The fraction of sp³-hybridized carbons (Fsp3) is 0.292. The summed E-state index contributed by atoms with van der Waals surface area (Å²) in [4.78, 5) is 4.30. The van der Waals surface area contributed by atoms with Crippen molar-refractivity contribution in [2.75, 3.05) is 46.8 Å². The van der Waals surface area contributed by atoms with Crippen molar-refractivity contribution >= 4 is 26.9 Å². The maximum Gasteiger partial charge on any atom is 0.241 e. The number of sulfonamides is 1. The summed E-state index contributed by atoms with van der Waals surface area (Å²) >= 11 is 0. The maximum atomic E-state index is 12.7. The smallest absolute Gasteiger partial charge is 0.241 e. The number of pyridine rings is 1. The summed E-state index contributed by atoms with van der Waals surface area (Å²) in [5, 5.41) is 4.65. The van der Waals surface area contributed by atoms with Gasteiger partial charge in [-0.15, -0.1) is 0 Å². The molecule has 0 spiro atoms. The van der Waals surface area contributed by atoms with Crippen molar-refractivity contribution in [2.45, 2.75) is 4.90 Å². The molecule has 0 aliphatic rings. The Hall–Kier alpha value is -2.82. The zero-order chi connectivity index (χ0) is 23.4. The second kappa shape index (κ2) is 13.0. The lowest BCUT2D eigenvalue weighted by Crippen LogP contribution is -2.32. The van der Waals surface area contributed by atoms with Crippen molar-refractivity contribution < 1.29 is 22.6 Å². The third-order valence-corrected chi connectivity index (χ3v) is 6.24. The molecule has 3 aromatic rings. The monoisotopic (exact) mass is 471 g/mol. The number of ether oxygens (including phenoxy) is 3. The zero-order valence-corrected chi connectivity index (χ0v) is 19.4. The first-order valence-corrected chi connectivity index (χ1v) is 12.1. The Balaban J connectivity index is 1.36. The van der Waals surface area contributed by atoms with Crippen LogP contribution in [0.2, 0.25) is 0 Å². The highest BCUT2D eigenvalue weighted by Crippen LogP contribution is 2.21. The Morgan fingerprint density at radius 2 is 1.88 bits per heavy atom. The van der Waals surface area contributed by atoms with Gasteiger partial charge in [0.25, 0.3) is 0 Å². The number of nitrogens with one attached hydrogen (secondary N) is 2. The summed E-state index contributed by atoms with van der Waals surface area (Å²) < 4.78 is 43.6. The first kappa shape index (κ1) is 24.8. The van der Waals surface area contributed by atoms with Crippen LogP contribution in [0.5, 0.6) is 5.75 Å². The molecule has 176 valence electrons. The molecule has 0 amide bonds. The van der Waals surface area contributed by atoms with Gasteiger partial charge >= 0.3 is 0 Å². The van der Waals surface area contributed by atoms with E-state index in [4.69, 9.17) is 14.2 Å². The topological polar surface area (TPSA) is 98.8 Å². The van der Waals surface area contributed by atoms with E-state index in [1.807, 2.05) is 42.5 Å². The van der Waals surface area contributed by atoms with Gasteiger partial charge in [0.2, 0.25) is 10.0 Å². The summed E-state index contributed by atoms with van der Waals surface area (Å²) in [6, 6.07) is 14.5. The molecular weight excluding hydrogens is 442 g/mol. The number of nitrogens with zero attached hydrogens (tertiary/aromatic N) is 1. The zero-order valence-electron chi connectivity index (χ0n) is 18.6. The van der Waals surface area contributed by atoms with Crippen LogP contribution >= 0.6 is 0 Å². The standard InChI is InChI=1S/C24H29N3O5S/c1-30-16-17-31-19-32-22-9-7-20(8-10-22)4-3-12-25-14-15-27-33(28,29)24-6-2-5-21-18-26-13-11-23(21)24/h2-11,13,18,25,27H,12,14-17,19H2,1H3. The molecule has 0 fully saturated rings. The van der Waals surface area contributed by atoms with Gasteiger partial charge in [-0.1, -0.05) is 36.4 Å². The van der Waals surface area contributed by atoms with Crippen LogP contribution in [0, 0.1) is 0 Å². The second-order valence-corrected chi connectivity index (χ2v) is 8.82. The summed E-state index contributed by atoms with van der Waals surface area (Å²) in [6.07, 6.45) is 7.21. The van der Waals surface area contributed by atoms with E-state index in [1.54, 1.807) is 37.7 Å². The van der Waals surface area contributed by atoms with Gasteiger partial charge in [-0.05, 0) is 29.8 Å². The number of benzene rings is 2. The highest BCUT2D eigenvalue weighted by molar-refractivity contribution is 7.89. The Kier molecular flexibility index (Phi) is 9.79. The molecule has 0 unspecified atom stereocenters. The van der Waals surface area contributed by atoms with Crippen molar-refractivity contribution in [3.05, 3.63) is 72.6 Å². The third-order valence-electron chi connectivity index (χ3n) is 4.72. The van der Waals surface area contributed by atoms with Crippen LogP contribution < -0.4 is 14.8 Å². The number of aromatic nitrogens is 1. The van der Waals surface area contributed by atoms with Crippen LogP contribution in [-0.4, -0.2) is 60.2 Å². The molecule has 33 heavy (non-hydrogen) atoms. The normalized spacial score (nSPS) is 11.9. The molecule has 0 saturated heterocycles. The van der Waals surface area contributed by atoms with Crippen molar-refractivity contribution in [2.24, 2.45) is 0 Å². The average Bonchev–Trinajstić information content (AvgIpc) is 2.83. The minimum absolute atomic E-state index is 0.184. The van der Waals surface area contributed by atoms with Gasteiger partial charge in [0.05, 0.1) is 18.1 Å². The maximum absolute atomic E-state index is 12.7. The van der Waals surface area contributed by atoms with Crippen LogP contribution in [0.4, 0.5) is 0 Å². The van der Waals surface area contributed by atoms with Crippen molar-refractivity contribution in [3.8, 4) is 5.75 Å². The predicted octanol–water partition coefficient (Wildman–Crippen LogP) is 2.82. The van der Waals surface area contributed by atoms with Crippen LogP contribution in [0.25, 0.3) is 16.8 Å². The first-order valence-electron chi connectivity index (χ1n) is 10.6. The summed E-state index contributed by atoms with van der Waals surface area (Å²) in [5.41, 5.74) is 1.04. The van der Waals surface area contributed by atoms with Gasteiger partial charge in [-0.2, -0.15) is 0 Å². The number of hydrogen-bond acceptors (Lipinski definition) is 7. The summed E-state index contributed by atoms with van der Waals surface area (Å²) in [5.74, 6) is 0.734. The van der Waals surface area contributed by atoms with Crippen molar-refractivity contribution in [1.29, 1.82) is 0 Å². The molecule has 2 N–H and O–H groups in total. The summed E-state index contributed by atoms with van der Waals surface area (Å²) in [6.45, 7) is 2.63. The lowest BCUT2D eigenvalue weighted by Gasteiger charge is -2.09. The molecular formula is C24H29N3O5S. The van der Waals surface area contributed by atoms with Crippen LogP contribution in [0.15, 0.2) is 71.9 Å². The molecule has 0 radical (unpaired) electrons. The van der Waals surface area contributed by atoms with Gasteiger partial charge in [-0.25, -0.2) is 13.1 Å². The number of fused-ring (bicyclic) bond motifs is 1. The van der Waals surface area contributed by atoms with Crippen molar-refractivity contribution in [3.63, 3.8) is 0 Å². The highest BCUT2D eigenvalue weighted by Gasteiger charge is 2.16. The number of hydrogen-bond donors (Lipinski definition) is 2.